The molecule has 5 heteroatoms. The molecular formula is C12H17ClF2N2. The van der Waals surface area contributed by atoms with Crippen molar-refractivity contribution in [2.45, 2.75) is 25.4 Å². The molecule has 2 N–H and O–H groups in total. The molecule has 2 rings (SSSR count). The summed E-state index contributed by atoms with van der Waals surface area (Å²) < 4.78 is 26.4. The minimum Gasteiger partial charge on any atom is -0.327 e. The molecule has 2 nitrogen and oxygen atoms in total. The fraction of sp³-hybridized carbons (Fsp3) is 0.500. The summed E-state index contributed by atoms with van der Waals surface area (Å²) in [6.07, 6.45) is 2.04. The lowest BCUT2D eigenvalue weighted by atomic mass is 10.1. The van der Waals surface area contributed by atoms with E-state index in [1.54, 1.807) is 0 Å². The first-order valence-corrected chi connectivity index (χ1v) is 5.57. The molecule has 0 bridgehead atoms. The summed E-state index contributed by atoms with van der Waals surface area (Å²) >= 11 is 0. The van der Waals surface area contributed by atoms with Gasteiger partial charge in [0, 0.05) is 24.7 Å². The minimum atomic E-state index is -0.391. The average Bonchev–Trinajstić information content (AvgIpc) is 2.24. The van der Waals surface area contributed by atoms with Crippen LogP contribution in [-0.2, 0) is 6.54 Å². The van der Waals surface area contributed by atoms with E-state index in [0.717, 1.165) is 32.0 Å². The SMILES string of the molecule is Cl.NC1CCCN(Cc2cc(F)ccc2F)C1. The first-order chi connectivity index (χ1) is 7.65. The van der Waals surface area contributed by atoms with Crippen molar-refractivity contribution in [1.29, 1.82) is 0 Å². The standard InChI is InChI=1S/C12H16F2N2.ClH/c13-10-3-4-12(14)9(6-10)7-16-5-1-2-11(15)8-16;/h3-4,6,11H,1-2,5,7-8,15H2;1H. The summed E-state index contributed by atoms with van der Waals surface area (Å²) in [7, 11) is 0. The lowest BCUT2D eigenvalue weighted by Crippen LogP contribution is -2.42. The number of halogens is 3. The normalized spacial score (nSPS) is 21.0. The van der Waals surface area contributed by atoms with E-state index in [0.29, 0.717) is 12.1 Å². The van der Waals surface area contributed by atoms with Gasteiger partial charge in [-0.25, -0.2) is 8.78 Å². The molecule has 17 heavy (non-hydrogen) atoms. The zero-order valence-electron chi connectivity index (χ0n) is 9.53. The number of hydrogen-bond acceptors (Lipinski definition) is 2. The summed E-state index contributed by atoms with van der Waals surface area (Å²) in [6, 6.07) is 3.73. The van der Waals surface area contributed by atoms with Crippen molar-refractivity contribution >= 4 is 12.4 Å². The van der Waals surface area contributed by atoms with Crippen LogP contribution in [0.4, 0.5) is 8.78 Å². The summed E-state index contributed by atoms with van der Waals surface area (Å²) in [5, 5.41) is 0. The van der Waals surface area contributed by atoms with E-state index in [-0.39, 0.29) is 24.3 Å². The molecule has 1 aliphatic rings. The Morgan fingerprint density at radius 1 is 1.35 bits per heavy atom. The molecule has 0 radical (unpaired) electrons. The van der Waals surface area contributed by atoms with Gasteiger partial charge in [0.25, 0.3) is 0 Å². The van der Waals surface area contributed by atoms with Crippen LogP contribution in [0, 0.1) is 11.6 Å². The molecule has 0 aliphatic carbocycles. The number of hydrogen-bond donors (Lipinski definition) is 1. The van der Waals surface area contributed by atoms with Gasteiger partial charge in [-0.3, -0.25) is 4.90 Å². The Morgan fingerprint density at radius 3 is 2.82 bits per heavy atom. The number of likely N-dealkylation sites (tertiary alicyclic amines) is 1. The Hall–Kier alpha value is -0.710. The van der Waals surface area contributed by atoms with Crippen LogP contribution >= 0.6 is 12.4 Å². The molecular weight excluding hydrogens is 246 g/mol. The van der Waals surface area contributed by atoms with Crippen molar-refractivity contribution < 1.29 is 8.78 Å². The molecule has 1 fully saturated rings. The maximum absolute atomic E-state index is 13.4. The molecule has 1 saturated heterocycles. The molecule has 0 saturated carbocycles. The average molecular weight is 263 g/mol. The molecule has 1 aliphatic heterocycles. The van der Waals surface area contributed by atoms with Crippen molar-refractivity contribution in [1.82, 2.24) is 4.90 Å². The van der Waals surface area contributed by atoms with Crippen molar-refractivity contribution in [3.05, 3.63) is 35.4 Å². The zero-order valence-corrected chi connectivity index (χ0v) is 10.4. The second-order valence-electron chi connectivity index (χ2n) is 4.37. The summed E-state index contributed by atoms with van der Waals surface area (Å²) in [5.41, 5.74) is 6.25. The predicted octanol–water partition coefficient (Wildman–Crippen LogP) is 2.31. The Balaban J connectivity index is 0.00000144. The molecule has 1 heterocycles. The highest BCUT2D eigenvalue weighted by molar-refractivity contribution is 5.85. The van der Waals surface area contributed by atoms with Gasteiger partial charge < -0.3 is 5.73 Å². The molecule has 96 valence electrons. The maximum Gasteiger partial charge on any atom is 0.127 e. The third-order valence-electron chi connectivity index (χ3n) is 2.94. The molecule has 0 aromatic heterocycles. The lowest BCUT2D eigenvalue weighted by Gasteiger charge is -2.30. The third kappa shape index (κ3) is 3.91. The highest BCUT2D eigenvalue weighted by Gasteiger charge is 2.17. The van der Waals surface area contributed by atoms with Crippen LogP contribution in [0.3, 0.4) is 0 Å². The van der Waals surface area contributed by atoms with Crippen LogP contribution in [0.1, 0.15) is 18.4 Å². The van der Waals surface area contributed by atoms with E-state index in [1.165, 1.54) is 12.1 Å². The number of nitrogens with zero attached hydrogens (tertiary/aromatic N) is 1. The molecule has 1 aromatic rings. The second kappa shape index (κ2) is 6.28. The second-order valence-corrected chi connectivity index (χ2v) is 4.37. The number of nitrogens with two attached hydrogens (primary N) is 1. The third-order valence-corrected chi connectivity index (χ3v) is 2.94. The van der Waals surface area contributed by atoms with Gasteiger partial charge in [-0.1, -0.05) is 0 Å². The fourth-order valence-electron chi connectivity index (χ4n) is 2.14. The number of benzene rings is 1. The first kappa shape index (κ1) is 14.4. The van der Waals surface area contributed by atoms with Gasteiger partial charge in [0.1, 0.15) is 11.6 Å². The van der Waals surface area contributed by atoms with Crippen LogP contribution in [-0.4, -0.2) is 24.0 Å². The van der Waals surface area contributed by atoms with Gasteiger partial charge in [0.15, 0.2) is 0 Å². The number of piperidine rings is 1. The van der Waals surface area contributed by atoms with E-state index in [9.17, 15) is 8.78 Å². The molecule has 0 amide bonds. The summed E-state index contributed by atoms with van der Waals surface area (Å²) in [5.74, 6) is -0.738. The Morgan fingerprint density at radius 2 is 2.12 bits per heavy atom. The van der Waals surface area contributed by atoms with Crippen LogP contribution in [0.15, 0.2) is 18.2 Å². The van der Waals surface area contributed by atoms with E-state index in [4.69, 9.17) is 5.73 Å². The quantitative estimate of drug-likeness (QED) is 0.886. The van der Waals surface area contributed by atoms with Gasteiger partial charge in [-0.15, -0.1) is 12.4 Å². The van der Waals surface area contributed by atoms with Crippen LogP contribution in [0.25, 0.3) is 0 Å². The van der Waals surface area contributed by atoms with Crippen molar-refractivity contribution in [2.24, 2.45) is 5.73 Å². The van der Waals surface area contributed by atoms with E-state index in [1.807, 2.05) is 0 Å². The summed E-state index contributed by atoms with van der Waals surface area (Å²) in [4.78, 5) is 2.08. The van der Waals surface area contributed by atoms with Crippen molar-refractivity contribution in [2.75, 3.05) is 13.1 Å². The fourth-order valence-corrected chi connectivity index (χ4v) is 2.14. The van der Waals surface area contributed by atoms with Crippen LogP contribution in [0.2, 0.25) is 0 Å². The highest BCUT2D eigenvalue weighted by Crippen LogP contribution is 2.15. The van der Waals surface area contributed by atoms with Gasteiger partial charge in [-0.05, 0) is 37.6 Å². The molecule has 1 aromatic carbocycles. The Labute approximate surface area is 106 Å². The van der Waals surface area contributed by atoms with Gasteiger partial charge in [0.2, 0.25) is 0 Å². The van der Waals surface area contributed by atoms with Crippen LogP contribution in [0.5, 0.6) is 0 Å². The van der Waals surface area contributed by atoms with Gasteiger partial charge >= 0.3 is 0 Å². The van der Waals surface area contributed by atoms with E-state index >= 15 is 0 Å². The first-order valence-electron chi connectivity index (χ1n) is 5.57. The Kier molecular flexibility index (Phi) is 5.31. The maximum atomic E-state index is 13.4. The van der Waals surface area contributed by atoms with Gasteiger partial charge in [-0.2, -0.15) is 0 Å². The van der Waals surface area contributed by atoms with Crippen LogP contribution < -0.4 is 5.73 Å². The lowest BCUT2D eigenvalue weighted by molar-refractivity contribution is 0.199. The predicted molar refractivity (Wildman–Crippen MR) is 66.1 cm³/mol. The highest BCUT2D eigenvalue weighted by atomic mass is 35.5. The largest absolute Gasteiger partial charge is 0.327 e. The number of rotatable bonds is 2. The smallest absolute Gasteiger partial charge is 0.127 e. The topological polar surface area (TPSA) is 29.3 Å². The minimum absolute atomic E-state index is 0. The summed E-state index contributed by atoms with van der Waals surface area (Å²) in [6.45, 7) is 2.11. The zero-order chi connectivity index (χ0) is 11.5. The Bertz CT molecular complexity index is 374. The molecule has 0 spiro atoms. The van der Waals surface area contributed by atoms with E-state index < -0.39 is 5.82 Å². The monoisotopic (exact) mass is 262 g/mol. The van der Waals surface area contributed by atoms with Gasteiger partial charge in [0.05, 0.1) is 0 Å². The molecule has 1 unspecified atom stereocenters. The molecule has 1 atom stereocenters. The van der Waals surface area contributed by atoms with Crippen molar-refractivity contribution in [3.8, 4) is 0 Å². The van der Waals surface area contributed by atoms with Crippen molar-refractivity contribution in [3.63, 3.8) is 0 Å². The van der Waals surface area contributed by atoms with E-state index in [2.05, 4.69) is 4.90 Å².